The normalized spacial score (nSPS) is 11.6. The van der Waals surface area contributed by atoms with E-state index in [9.17, 15) is 17.6 Å². The fourth-order valence-electron chi connectivity index (χ4n) is 3.58. The van der Waals surface area contributed by atoms with Crippen LogP contribution in [0.25, 0.3) is 21.3 Å². The van der Waals surface area contributed by atoms with Crippen molar-refractivity contribution in [1.82, 2.24) is 3.97 Å². The van der Waals surface area contributed by atoms with Gasteiger partial charge in [-0.2, -0.15) is 8.42 Å². The van der Waals surface area contributed by atoms with Gasteiger partial charge < -0.3 is 14.6 Å². The number of thiophene rings is 1. The molecule has 7 nitrogen and oxygen atoms in total. The lowest BCUT2D eigenvalue weighted by Crippen LogP contribution is -2.10. The summed E-state index contributed by atoms with van der Waals surface area (Å²) in [5, 5.41) is 9.38. The Hall–Kier alpha value is -3.37. The Morgan fingerprint density at radius 2 is 1.82 bits per heavy atom. The predicted molar refractivity (Wildman–Crippen MR) is 123 cm³/mol. The van der Waals surface area contributed by atoms with E-state index < -0.39 is 21.8 Å². The number of halogens is 1. The number of aromatic nitrogens is 1. The number of ether oxygens (including phenoxy) is 2. The summed E-state index contributed by atoms with van der Waals surface area (Å²) >= 11 is 1.09. The summed E-state index contributed by atoms with van der Waals surface area (Å²) in [5.41, 5.74) is 1.51. The second-order valence-corrected chi connectivity index (χ2v) is 10.3. The maximum Gasteiger partial charge on any atom is 0.303 e. The van der Waals surface area contributed by atoms with Crippen LogP contribution in [-0.4, -0.2) is 37.7 Å². The average molecular weight is 490 g/mol. The molecular formula is C23H20FNO6S2. The number of rotatable bonds is 8. The number of carboxylic acids is 1. The minimum absolute atomic E-state index is 0.0825. The molecule has 0 radical (unpaired) electrons. The van der Waals surface area contributed by atoms with E-state index >= 15 is 0 Å². The number of hydrogen-bond acceptors (Lipinski definition) is 6. The number of hydrogen-bond donors (Lipinski definition) is 1. The average Bonchev–Trinajstić information content (AvgIpc) is 3.43. The standard InChI is InChI=1S/C23H20FNO6S2/c1-30-19-7-3-14(11-20(19)31-2)21-8-10-23(32-21)33(28,29)25-13-15(4-9-22(26)27)17-12-16(24)5-6-18(17)25/h3,5-8,10-13H,4,9H2,1-2H3,(H,26,27). The molecule has 0 bridgehead atoms. The van der Waals surface area contributed by atoms with Gasteiger partial charge in [0, 0.05) is 22.9 Å². The molecular weight excluding hydrogens is 469 g/mol. The molecule has 0 saturated carbocycles. The molecule has 2 aromatic heterocycles. The van der Waals surface area contributed by atoms with E-state index in [-0.39, 0.29) is 22.6 Å². The van der Waals surface area contributed by atoms with Crippen LogP contribution in [0.15, 0.2) is 58.9 Å². The van der Waals surface area contributed by atoms with Crippen molar-refractivity contribution in [2.75, 3.05) is 14.2 Å². The van der Waals surface area contributed by atoms with Crippen molar-refractivity contribution < 1.29 is 32.2 Å². The van der Waals surface area contributed by atoms with Crippen molar-refractivity contribution >= 4 is 38.2 Å². The molecule has 4 rings (SSSR count). The zero-order chi connectivity index (χ0) is 23.8. The van der Waals surface area contributed by atoms with E-state index in [2.05, 4.69) is 0 Å². The summed E-state index contributed by atoms with van der Waals surface area (Å²) < 4.78 is 52.6. The molecule has 0 atom stereocenters. The summed E-state index contributed by atoms with van der Waals surface area (Å²) in [7, 11) is -0.948. The van der Waals surface area contributed by atoms with Crippen LogP contribution in [0.1, 0.15) is 12.0 Å². The highest BCUT2D eigenvalue weighted by Crippen LogP contribution is 2.38. The van der Waals surface area contributed by atoms with Gasteiger partial charge in [0.05, 0.1) is 19.7 Å². The van der Waals surface area contributed by atoms with Crippen LogP contribution < -0.4 is 9.47 Å². The van der Waals surface area contributed by atoms with E-state index in [4.69, 9.17) is 14.6 Å². The Balaban J connectivity index is 1.77. The van der Waals surface area contributed by atoms with Crippen LogP contribution >= 0.6 is 11.3 Å². The Morgan fingerprint density at radius 3 is 2.52 bits per heavy atom. The second-order valence-electron chi connectivity index (χ2n) is 7.20. The lowest BCUT2D eigenvalue weighted by atomic mass is 10.1. The second kappa shape index (κ2) is 8.87. The molecule has 0 aliphatic heterocycles. The zero-order valence-electron chi connectivity index (χ0n) is 17.7. The SMILES string of the molecule is COc1ccc(-c2ccc(S(=O)(=O)n3cc(CCC(=O)O)c4cc(F)ccc43)s2)cc1OC. The number of methoxy groups -OCH3 is 2. The minimum Gasteiger partial charge on any atom is -0.493 e. The number of aliphatic carboxylic acids is 1. The quantitative estimate of drug-likeness (QED) is 0.383. The number of carboxylic acid groups (broad SMARTS) is 1. The molecule has 0 unspecified atom stereocenters. The Bertz CT molecular complexity index is 1460. The van der Waals surface area contributed by atoms with E-state index in [1.54, 1.807) is 24.3 Å². The molecule has 0 aliphatic carbocycles. The highest BCUT2D eigenvalue weighted by Gasteiger charge is 2.24. The summed E-state index contributed by atoms with van der Waals surface area (Å²) in [6.07, 6.45) is 1.26. The molecule has 2 aromatic carbocycles. The monoisotopic (exact) mass is 489 g/mol. The van der Waals surface area contributed by atoms with Crippen molar-refractivity contribution in [2.45, 2.75) is 17.1 Å². The van der Waals surface area contributed by atoms with Crippen molar-refractivity contribution in [3.8, 4) is 21.9 Å². The van der Waals surface area contributed by atoms with Gasteiger partial charge in [-0.15, -0.1) is 11.3 Å². The molecule has 2 heterocycles. The van der Waals surface area contributed by atoms with Crippen molar-refractivity contribution in [2.24, 2.45) is 0 Å². The van der Waals surface area contributed by atoms with Gasteiger partial charge in [-0.25, -0.2) is 8.36 Å². The molecule has 172 valence electrons. The van der Waals surface area contributed by atoms with Gasteiger partial charge in [0.2, 0.25) is 0 Å². The molecule has 0 fully saturated rings. The van der Waals surface area contributed by atoms with Crippen LogP contribution in [0, 0.1) is 5.82 Å². The van der Waals surface area contributed by atoms with E-state index in [1.807, 2.05) is 0 Å². The highest BCUT2D eigenvalue weighted by atomic mass is 32.2. The molecule has 33 heavy (non-hydrogen) atoms. The van der Waals surface area contributed by atoms with Crippen molar-refractivity contribution in [1.29, 1.82) is 0 Å². The first-order valence-electron chi connectivity index (χ1n) is 9.83. The maximum atomic E-state index is 13.9. The number of fused-ring (bicyclic) bond motifs is 1. The fraction of sp³-hybridized carbons (Fsp3) is 0.174. The topological polar surface area (TPSA) is 94.8 Å². The molecule has 0 spiro atoms. The summed E-state index contributed by atoms with van der Waals surface area (Å²) in [5.74, 6) is -0.464. The van der Waals surface area contributed by atoms with Gasteiger partial charge in [-0.3, -0.25) is 4.79 Å². The third kappa shape index (κ3) is 4.31. The minimum atomic E-state index is -4.00. The Morgan fingerprint density at radius 1 is 1.06 bits per heavy atom. The van der Waals surface area contributed by atoms with Gasteiger partial charge in [-0.05, 0) is 66.1 Å². The lowest BCUT2D eigenvalue weighted by molar-refractivity contribution is -0.136. The third-order valence-corrected chi connectivity index (χ3v) is 8.46. The maximum absolute atomic E-state index is 13.9. The highest BCUT2D eigenvalue weighted by molar-refractivity contribution is 7.92. The van der Waals surface area contributed by atoms with Crippen molar-refractivity contribution in [3.05, 3.63) is 66.1 Å². The molecule has 0 amide bonds. The molecule has 1 N–H and O–H groups in total. The first-order valence-corrected chi connectivity index (χ1v) is 12.1. The first-order chi connectivity index (χ1) is 15.7. The van der Waals surface area contributed by atoms with Gasteiger partial charge in [0.15, 0.2) is 11.5 Å². The summed E-state index contributed by atoms with van der Waals surface area (Å²) in [6, 6.07) is 12.3. The van der Waals surface area contributed by atoms with Gasteiger partial charge in [0.1, 0.15) is 10.0 Å². The van der Waals surface area contributed by atoms with Gasteiger partial charge in [-0.1, -0.05) is 0 Å². The van der Waals surface area contributed by atoms with Crippen LogP contribution in [0.4, 0.5) is 4.39 Å². The van der Waals surface area contributed by atoms with Crippen LogP contribution in [0.3, 0.4) is 0 Å². The number of carbonyl (C=O) groups is 1. The number of aryl methyl sites for hydroxylation is 1. The fourth-order valence-corrected chi connectivity index (χ4v) is 6.36. The smallest absolute Gasteiger partial charge is 0.303 e. The third-order valence-electron chi connectivity index (χ3n) is 5.19. The van der Waals surface area contributed by atoms with Crippen LogP contribution in [0.2, 0.25) is 0 Å². The molecule has 10 heteroatoms. The van der Waals surface area contributed by atoms with E-state index in [0.717, 1.165) is 20.9 Å². The van der Waals surface area contributed by atoms with Crippen LogP contribution in [0.5, 0.6) is 11.5 Å². The summed E-state index contributed by atoms with van der Waals surface area (Å²) in [4.78, 5) is 11.7. The first kappa shape index (κ1) is 22.8. The van der Waals surface area contributed by atoms with Crippen molar-refractivity contribution in [3.63, 3.8) is 0 Å². The van der Waals surface area contributed by atoms with E-state index in [0.29, 0.717) is 27.3 Å². The van der Waals surface area contributed by atoms with Crippen LogP contribution in [-0.2, 0) is 21.2 Å². The van der Waals surface area contributed by atoms with Gasteiger partial charge >= 0.3 is 5.97 Å². The van der Waals surface area contributed by atoms with Gasteiger partial charge in [0.25, 0.3) is 10.0 Å². The lowest BCUT2D eigenvalue weighted by Gasteiger charge is -2.08. The zero-order valence-corrected chi connectivity index (χ0v) is 19.4. The molecule has 0 aliphatic rings. The Kier molecular flexibility index (Phi) is 6.13. The van der Waals surface area contributed by atoms with E-state index in [1.165, 1.54) is 44.7 Å². The molecule has 0 saturated heterocycles. The summed E-state index contributed by atoms with van der Waals surface area (Å²) in [6.45, 7) is 0. The Labute approximate surface area is 193 Å². The molecule has 4 aromatic rings. The largest absolute Gasteiger partial charge is 0.493 e. The number of benzene rings is 2. The number of nitrogens with zero attached hydrogens (tertiary/aromatic N) is 1. The predicted octanol–water partition coefficient (Wildman–Crippen LogP) is 4.78.